The molecule has 0 bridgehead atoms. The topological polar surface area (TPSA) is 69.7 Å². The van der Waals surface area contributed by atoms with E-state index in [4.69, 9.17) is 0 Å². The van der Waals surface area contributed by atoms with Crippen molar-refractivity contribution in [3.05, 3.63) is 35.9 Å². The zero-order valence-corrected chi connectivity index (χ0v) is 18.9. The molecule has 30 heavy (non-hydrogen) atoms. The molecule has 1 unspecified atom stereocenters. The lowest BCUT2D eigenvalue weighted by atomic mass is 10.0. The summed E-state index contributed by atoms with van der Waals surface area (Å²) >= 11 is 0. The normalized spacial score (nSPS) is 24.6. The van der Waals surface area contributed by atoms with Gasteiger partial charge in [-0.2, -0.15) is 0 Å². The fourth-order valence-electron chi connectivity index (χ4n) is 4.95. The molecule has 1 N–H and O–H groups in total. The summed E-state index contributed by atoms with van der Waals surface area (Å²) in [4.78, 5) is 42.0. The molecule has 1 saturated carbocycles. The van der Waals surface area contributed by atoms with Gasteiger partial charge in [0.05, 0.1) is 12.5 Å². The summed E-state index contributed by atoms with van der Waals surface area (Å²) in [5.41, 5.74) is 0.906. The van der Waals surface area contributed by atoms with E-state index in [1.165, 1.54) is 0 Å². The van der Waals surface area contributed by atoms with Crippen LogP contribution in [0.1, 0.15) is 59.1 Å². The molecule has 2 fully saturated rings. The monoisotopic (exact) mass is 413 g/mol. The third-order valence-corrected chi connectivity index (χ3v) is 7.45. The molecular formula is C24H35N3O3. The van der Waals surface area contributed by atoms with Crippen LogP contribution < -0.4 is 5.32 Å². The summed E-state index contributed by atoms with van der Waals surface area (Å²) in [6, 6.07) is 9.40. The summed E-state index contributed by atoms with van der Waals surface area (Å²) in [7, 11) is 0. The van der Waals surface area contributed by atoms with Gasteiger partial charge >= 0.3 is 0 Å². The van der Waals surface area contributed by atoms with Gasteiger partial charge < -0.3 is 15.1 Å². The molecule has 1 aliphatic carbocycles. The fraction of sp³-hybridized carbons (Fsp3) is 0.625. The largest absolute Gasteiger partial charge is 0.354 e. The van der Waals surface area contributed by atoms with Crippen molar-refractivity contribution in [3.63, 3.8) is 0 Å². The summed E-state index contributed by atoms with van der Waals surface area (Å²) in [5, 5.41) is 2.95. The van der Waals surface area contributed by atoms with E-state index in [9.17, 15) is 14.4 Å². The molecule has 1 saturated heterocycles. The zero-order chi connectivity index (χ0) is 22.1. The first-order valence-electron chi connectivity index (χ1n) is 10.9. The van der Waals surface area contributed by atoms with E-state index in [1.807, 2.05) is 35.2 Å². The van der Waals surface area contributed by atoms with Gasteiger partial charge in [0.2, 0.25) is 17.7 Å². The van der Waals surface area contributed by atoms with Crippen LogP contribution in [0.25, 0.3) is 0 Å². The van der Waals surface area contributed by atoms with E-state index in [1.54, 1.807) is 11.8 Å². The van der Waals surface area contributed by atoms with Crippen LogP contribution in [0.4, 0.5) is 0 Å². The number of hydrogen-bond acceptors (Lipinski definition) is 3. The van der Waals surface area contributed by atoms with Crippen molar-refractivity contribution in [2.24, 2.45) is 16.7 Å². The van der Waals surface area contributed by atoms with Gasteiger partial charge in [-0.25, -0.2) is 0 Å². The molecule has 164 valence electrons. The van der Waals surface area contributed by atoms with E-state index in [-0.39, 0.29) is 46.9 Å². The average molecular weight is 414 g/mol. The van der Waals surface area contributed by atoms with Gasteiger partial charge in [0.25, 0.3) is 0 Å². The Labute approximate surface area is 180 Å². The molecule has 0 radical (unpaired) electrons. The first-order valence-corrected chi connectivity index (χ1v) is 10.9. The minimum Gasteiger partial charge on any atom is -0.354 e. The Morgan fingerprint density at radius 1 is 1.00 bits per heavy atom. The van der Waals surface area contributed by atoms with E-state index >= 15 is 0 Å². The summed E-state index contributed by atoms with van der Waals surface area (Å²) < 4.78 is 0. The molecule has 1 aliphatic heterocycles. The molecule has 1 aromatic carbocycles. The molecule has 1 heterocycles. The Balaban J connectivity index is 1.78. The number of nitrogens with zero attached hydrogens (tertiary/aromatic N) is 2. The summed E-state index contributed by atoms with van der Waals surface area (Å²) in [6.07, 6.45) is 0.913. The van der Waals surface area contributed by atoms with Gasteiger partial charge in [-0.3, -0.25) is 14.4 Å². The summed E-state index contributed by atoms with van der Waals surface area (Å²) in [6.45, 7) is 12.2. The van der Waals surface area contributed by atoms with Crippen LogP contribution in [-0.4, -0.2) is 53.7 Å². The van der Waals surface area contributed by atoms with Crippen molar-refractivity contribution in [3.8, 4) is 0 Å². The van der Waals surface area contributed by atoms with Crippen LogP contribution >= 0.6 is 0 Å². The number of nitrogens with one attached hydrogen (secondary N) is 1. The standard InChI is InChI=1S/C24H35N3O3/c1-17(28)27-14-9-13-26(22(30)21-23(2,3)24(21,4)5)15-12-25-20(29)16-19(27)18-10-7-6-8-11-18/h6-8,10-11,19,21H,9,12-16H2,1-5H3,(H,25,29). The number of amides is 3. The predicted octanol–water partition coefficient (Wildman–Crippen LogP) is 3.00. The van der Waals surface area contributed by atoms with Gasteiger partial charge in [0.1, 0.15) is 0 Å². The van der Waals surface area contributed by atoms with Crippen LogP contribution in [-0.2, 0) is 14.4 Å². The lowest BCUT2D eigenvalue weighted by Gasteiger charge is -2.31. The van der Waals surface area contributed by atoms with Crippen molar-refractivity contribution in [1.29, 1.82) is 0 Å². The van der Waals surface area contributed by atoms with E-state index in [2.05, 4.69) is 33.0 Å². The molecule has 3 rings (SSSR count). The molecule has 0 spiro atoms. The van der Waals surface area contributed by atoms with Crippen LogP contribution in [0.3, 0.4) is 0 Å². The number of carbonyl (C=O) groups excluding carboxylic acids is 3. The molecule has 1 aromatic rings. The minimum absolute atomic E-state index is 0.00759. The highest BCUT2D eigenvalue weighted by Gasteiger charge is 2.68. The smallest absolute Gasteiger partial charge is 0.226 e. The summed E-state index contributed by atoms with van der Waals surface area (Å²) in [5.74, 6) is -0.00555. The quantitative estimate of drug-likeness (QED) is 0.810. The van der Waals surface area contributed by atoms with Crippen molar-refractivity contribution < 1.29 is 14.4 Å². The van der Waals surface area contributed by atoms with Crippen molar-refractivity contribution in [2.75, 3.05) is 26.2 Å². The van der Waals surface area contributed by atoms with E-state index in [0.29, 0.717) is 32.6 Å². The van der Waals surface area contributed by atoms with Gasteiger partial charge in [0.15, 0.2) is 0 Å². The SMILES string of the molecule is CC(=O)N1CCCN(C(=O)C2C(C)(C)C2(C)C)CCNC(=O)CC1c1ccccc1. The van der Waals surface area contributed by atoms with Gasteiger partial charge in [-0.15, -0.1) is 0 Å². The Kier molecular flexibility index (Phi) is 6.25. The van der Waals surface area contributed by atoms with Crippen molar-refractivity contribution >= 4 is 17.7 Å². The molecule has 3 amide bonds. The van der Waals surface area contributed by atoms with Gasteiger partial charge in [-0.1, -0.05) is 58.0 Å². The lowest BCUT2D eigenvalue weighted by Crippen LogP contribution is -2.40. The fourth-order valence-corrected chi connectivity index (χ4v) is 4.95. The Hall–Kier alpha value is -2.37. The number of hydrogen-bond donors (Lipinski definition) is 1. The zero-order valence-electron chi connectivity index (χ0n) is 18.9. The number of benzene rings is 1. The van der Waals surface area contributed by atoms with Gasteiger partial charge in [-0.05, 0) is 22.8 Å². The molecular weight excluding hydrogens is 378 g/mol. The molecule has 2 aliphatic rings. The lowest BCUT2D eigenvalue weighted by molar-refractivity contribution is -0.134. The maximum atomic E-state index is 13.3. The number of carbonyl (C=O) groups is 3. The molecule has 0 aromatic heterocycles. The van der Waals surface area contributed by atoms with Crippen molar-refractivity contribution in [2.45, 2.75) is 53.5 Å². The predicted molar refractivity (Wildman–Crippen MR) is 116 cm³/mol. The van der Waals surface area contributed by atoms with Crippen LogP contribution in [0.5, 0.6) is 0 Å². The first-order chi connectivity index (χ1) is 14.1. The van der Waals surface area contributed by atoms with Crippen LogP contribution in [0.2, 0.25) is 0 Å². The maximum absolute atomic E-state index is 13.3. The maximum Gasteiger partial charge on any atom is 0.226 e. The van der Waals surface area contributed by atoms with Crippen LogP contribution in [0.15, 0.2) is 30.3 Å². The van der Waals surface area contributed by atoms with Crippen molar-refractivity contribution in [1.82, 2.24) is 15.1 Å². The molecule has 6 nitrogen and oxygen atoms in total. The van der Waals surface area contributed by atoms with E-state index in [0.717, 1.165) is 5.56 Å². The second-order valence-electron chi connectivity index (χ2n) is 9.75. The Morgan fingerprint density at radius 3 is 2.20 bits per heavy atom. The van der Waals surface area contributed by atoms with Crippen LogP contribution in [0, 0.1) is 16.7 Å². The third-order valence-electron chi connectivity index (χ3n) is 7.45. The second kappa shape index (κ2) is 8.40. The minimum atomic E-state index is -0.299. The van der Waals surface area contributed by atoms with E-state index < -0.39 is 0 Å². The Morgan fingerprint density at radius 2 is 1.63 bits per heavy atom. The molecule has 6 heteroatoms. The highest BCUT2D eigenvalue weighted by molar-refractivity contribution is 5.84. The average Bonchev–Trinajstić information content (AvgIpc) is 3.11. The first kappa shape index (κ1) is 22.3. The Bertz CT molecular complexity index is 789. The second-order valence-corrected chi connectivity index (χ2v) is 9.75. The molecule has 1 atom stereocenters. The number of rotatable bonds is 2. The highest BCUT2D eigenvalue weighted by atomic mass is 16.2. The third kappa shape index (κ3) is 4.23. The highest BCUT2D eigenvalue weighted by Crippen LogP contribution is 2.68. The van der Waals surface area contributed by atoms with Gasteiger partial charge in [0, 0.05) is 39.0 Å².